The summed E-state index contributed by atoms with van der Waals surface area (Å²) >= 11 is 9.14. The van der Waals surface area contributed by atoms with Crippen molar-refractivity contribution in [3.05, 3.63) is 63.1 Å². The highest BCUT2D eigenvalue weighted by Crippen LogP contribution is 2.21. The van der Waals surface area contributed by atoms with E-state index in [4.69, 9.17) is 22.1 Å². The first-order valence-corrected chi connectivity index (χ1v) is 7.86. The van der Waals surface area contributed by atoms with Crippen molar-refractivity contribution in [2.75, 3.05) is 11.9 Å². The first kappa shape index (κ1) is 18.0. The third-order valence-electron chi connectivity index (χ3n) is 2.94. The molecule has 3 N–H and O–H groups in total. The van der Waals surface area contributed by atoms with Gasteiger partial charge in [0.25, 0.3) is 5.91 Å². The molecule has 0 aliphatic carbocycles. The fraction of sp³-hybridized carbons (Fsp3) is 0.0625. The van der Waals surface area contributed by atoms with E-state index in [-0.39, 0.29) is 10.6 Å². The van der Waals surface area contributed by atoms with E-state index in [1.807, 2.05) is 0 Å². The Morgan fingerprint density at radius 3 is 2.42 bits per heavy atom. The number of carbonyl (C=O) groups excluding carboxylic acids is 3. The largest absolute Gasteiger partial charge is 0.452 e. The predicted octanol–water partition coefficient (Wildman–Crippen LogP) is 3.00. The van der Waals surface area contributed by atoms with E-state index < -0.39 is 24.4 Å². The van der Waals surface area contributed by atoms with E-state index in [9.17, 15) is 14.4 Å². The Kier molecular flexibility index (Phi) is 5.94. The third-order valence-corrected chi connectivity index (χ3v) is 3.76. The van der Waals surface area contributed by atoms with Gasteiger partial charge in [0.1, 0.15) is 0 Å². The number of hydrogen-bond acceptors (Lipinski definition) is 4. The smallest absolute Gasteiger partial charge is 0.340 e. The van der Waals surface area contributed by atoms with E-state index in [1.54, 1.807) is 12.1 Å². The summed E-state index contributed by atoms with van der Waals surface area (Å²) in [6.07, 6.45) is 0. The summed E-state index contributed by atoms with van der Waals surface area (Å²) in [5.41, 5.74) is 6.05. The summed E-state index contributed by atoms with van der Waals surface area (Å²) < 4.78 is 5.59. The molecule has 0 unspecified atom stereocenters. The Balaban J connectivity index is 1.92. The van der Waals surface area contributed by atoms with Crippen molar-refractivity contribution >= 4 is 51.0 Å². The van der Waals surface area contributed by atoms with Gasteiger partial charge in [0.15, 0.2) is 6.61 Å². The molecule has 0 spiro atoms. The number of esters is 1. The molecule has 6 nitrogen and oxygen atoms in total. The molecule has 0 aromatic heterocycles. The number of amides is 2. The van der Waals surface area contributed by atoms with Crippen LogP contribution in [0.5, 0.6) is 0 Å². The molecule has 2 aromatic carbocycles. The molecule has 2 aromatic rings. The quantitative estimate of drug-likeness (QED) is 0.739. The number of primary amides is 1. The van der Waals surface area contributed by atoms with Crippen molar-refractivity contribution in [3.63, 3.8) is 0 Å². The lowest BCUT2D eigenvalue weighted by molar-refractivity contribution is -0.119. The molecule has 0 atom stereocenters. The third kappa shape index (κ3) is 4.81. The van der Waals surface area contributed by atoms with E-state index in [2.05, 4.69) is 21.2 Å². The van der Waals surface area contributed by atoms with E-state index >= 15 is 0 Å². The zero-order valence-corrected chi connectivity index (χ0v) is 14.6. The molecule has 8 heteroatoms. The minimum Gasteiger partial charge on any atom is -0.452 e. The summed E-state index contributed by atoms with van der Waals surface area (Å²) in [7, 11) is 0. The SMILES string of the molecule is NC(=O)c1ccc(NC(=O)COC(=O)c2cc(Br)ccc2Cl)cc1. The monoisotopic (exact) mass is 410 g/mol. The molecule has 24 heavy (non-hydrogen) atoms. The molecule has 0 bridgehead atoms. The Morgan fingerprint density at radius 2 is 1.79 bits per heavy atom. The normalized spacial score (nSPS) is 10.1. The number of rotatable bonds is 5. The van der Waals surface area contributed by atoms with Gasteiger partial charge in [-0.3, -0.25) is 9.59 Å². The molecule has 2 amide bonds. The molecule has 0 fully saturated rings. The predicted molar refractivity (Wildman–Crippen MR) is 93.0 cm³/mol. The lowest BCUT2D eigenvalue weighted by Crippen LogP contribution is -2.21. The first-order valence-electron chi connectivity index (χ1n) is 6.68. The van der Waals surface area contributed by atoms with E-state index in [1.165, 1.54) is 30.3 Å². The molecule has 2 rings (SSSR count). The van der Waals surface area contributed by atoms with Crippen LogP contribution in [0.3, 0.4) is 0 Å². The Morgan fingerprint density at radius 1 is 1.12 bits per heavy atom. The summed E-state index contributed by atoms with van der Waals surface area (Å²) in [6, 6.07) is 10.7. The van der Waals surface area contributed by atoms with Crippen molar-refractivity contribution < 1.29 is 19.1 Å². The molecular formula is C16H12BrClN2O4. The summed E-state index contributed by atoms with van der Waals surface area (Å²) in [6.45, 7) is -0.473. The van der Waals surface area contributed by atoms with Crippen molar-refractivity contribution in [2.24, 2.45) is 5.73 Å². The van der Waals surface area contributed by atoms with Gasteiger partial charge in [-0.2, -0.15) is 0 Å². The second-order valence-corrected chi connectivity index (χ2v) is 6.01. The van der Waals surface area contributed by atoms with Gasteiger partial charge >= 0.3 is 5.97 Å². The molecule has 124 valence electrons. The average molecular weight is 412 g/mol. The maximum Gasteiger partial charge on any atom is 0.340 e. The maximum absolute atomic E-state index is 11.9. The number of nitrogens with one attached hydrogen (secondary N) is 1. The zero-order valence-electron chi connectivity index (χ0n) is 12.2. The Bertz CT molecular complexity index is 793. The topological polar surface area (TPSA) is 98.5 Å². The number of hydrogen-bond donors (Lipinski definition) is 2. The van der Waals surface area contributed by atoms with Gasteiger partial charge in [0.05, 0.1) is 10.6 Å². The van der Waals surface area contributed by atoms with Gasteiger partial charge in [-0.25, -0.2) is 4.79 Å². The summed E-state index contributed by atoms with van der Waals surface area (Å²) in [5.74, 6) is -1.80. The highest BCUT2D eigenvalue weighted by Gasteiger charge is 2.14. The van der Waals surface area contributed by atoms with Gasteiger partial charge in [0.2, 0.25) is 5.91 Å². The number of halogens is 2. The first-order chi connectivity index (χ1) is 11.4. The second-order valence-electron chi connectivity index (χ2n) is 4.69. The Hall–Kier alpha value is -2.38. The van der Waals surface area contributed by atoms with Crippen LogP contribution in [-0.2, 0) is 9.53 Å². The minimum atomic E-state index is -0.708. The van der Waals surface area contributed by atoms with Crippen molar-refractivity contribution in [2.45, 2.75) is 0 Å². The van der Waals surface area contributed by atoms with Gasteiger partial charge < -0.3 is 15.8 Å². The highest BCUT2D eigenvalue weighted by atomic mass is 79.9. The van der Waals surface area contributed by atoms with Crippen LogP contribution < -0.4 is 11.1 Å². The fourth-order valence-electron chi connectivity index (χ4n) is 1.78. The van der Waals surface area contributed by atoms with Crippen LogP contribution in [0.2, 0.25) is 5.02 Å². The number of nitrogens with two attached hydrogens (primary N) is 1. The van der Waals surface area contributed by atoms with E-state index in [0.29, 0.717) is 15.7 Å². The van der Waals surface area contributed by atoms with Crippen molar-refractivity contribution in [1.82, 2.24) is 0 Å². The van der Waals surface area contributed by atoms with Crippen LogP contribution in [0, 0.1) is 0 Å². The zero-order chi connectivity index (χ0) is 17.7. The van der Waals surface area contributed by atoms with Crippen LogP contribution in [0.15, 0.2) is 46.9 Å². The summed E-state index contributed by atoms with van der Waals surface area (Å²) in [5, 5.41) is 2.76. The molecule has 0 aliphatic heterocycles. The lowest BCUT2D eigenvalue weighted by atomic mass is 10.2. The maximum atomic E-state index is 11.9. The number of anilines is 1. The molecule has 0 aliphatic rings. The lowest BCUT2D eigenvalue weighted by Gasteiger charge is -2.08. The molecule has 0 saturated heterocycles. The second kappa shape index (κ2) is 7.94. The van der Waals surface area contributed by atoms with Crippen molar-refractivity contribution in [3.8, 4) is 0 Å². The molecule has 0 saturated carbocycles. The highest BCUT2D eigenvalue weighted by molar-refractivity contribution is 9.10. The van der Waals surface area contributed by atoms with Crippen LogP contribution >= 0.6 is 27.5 Å². The van der Waals surface area contributed by atoms with Gasteiger partial charge in [0, 0.05) is 15.7 Å². The van der Waals surface area contributed by atoms with Crippen LogP contribution in [0.1, 0.15) is 20.7 Å². The van der Waals surface area contributed by atoms with Gasteiger partial charge in [-0.05, 0) is 42.5 Å². The molecular weight excluding hydrogens is 400 g/mol. The van der Waals surface area contributed by atoms with Gasteiger partial charge in [-0.15, -0.1) is 0 Å². The van der Waals surface area contributed by atoms with Crippen molar-refractivity contribution in [1.29, 1.82) is 0 Å². The Labute approximate surface area is 151 Å². The number of benzene rings is 2. The van der Waals surface area contributed by atoms with E-state index in [0.717, 1.165) is 0 Å². The standard InChI is InChI=1S/C16H12BrClN2O4/c17-10-3-6-13(18)12(7-10)16(23)24-8-14(21)20-11-4-1-9(2-5-11)15(19)22/h1-7H,8H2,(H2,19,22)(H,20,21). The number of ether oxygens (including phenoxy) is 1. The van der Waals surface area contributed by atoms with Crippen LogP contribution in [-0.4, -0.2) is 24.4 Å². The molecule has 0 heterocycles. The average Bonchev–Trinajstić information content (AvgIpc) is 2.55. The van der Waals surface area contributed by atoms with Gasteiger partial charge in [-0.1, -0.05) is 27.5 Å². The fourth-order valence-corrected chi connectivity index (χ4v) is 2.33. The minimum absolute atomic E-state index is 0.157. The molecule has 0 radical (unpaired) electrons. The summed E-state index contributed by atoms with van der Waals surface area (Å²) in [4.78, 5) is 34.7. The number of carbonyl (C=O) groups is 3. The van der Waals surface area contributed by atoms with Crippen LogP contribution in [0.4, 0.5) is 5.69 Å². The van der Waals surface area contributed by atoms with Crippen LogP contribution in [0.25, 0.3) is 0 Å².